The number of amides is 2. The number of halogens is 1. The maximum Gasteiger partial charge on any atom is 0.319 e. The fraction of sp³-hybridized carbons (Fsp3) is 0.429. The van der Waals surface area contributed by atoms with Crippen LogP contribution in [0.15, 0.2) is 23.2 Å². The van der Waals surface area contributed by atoms with E-state index in [1.807, 2.05) is 13.8 Å². The Labute approximate surface area is 174 Å². The first-order valence-corrected chi connectivity index (χ1v) is 10.2. The molecule has 2 aliphatic rings. The van der Waals surface area contributed by atoms with Crippen LogP contribution in [-0.4, -0.2) is 54.6 Å². The summed E-state index contributed by atoms with van der Waals surface area (Å²) < 4.78 is 20.4. The topological polar surface area (TPSA) is 91.7 Å². The number of fused-ring (bicyclic) bond motifs is 1. The van der Waals surface area contributed by atoms with Crippen molar-refractivity contribution in [2.45, 2.75) is 26.8 Å². The molecule has 0 radical (unpaired) electrons. The van der Waals surface area contributed by atoms with Gasteiger partial charge in [-0.05, 0) is 31.5 Å². The van der Waals surface area contributed by atoms with Crippen LogP contribution in [0.3, 0.4) is 0 Å². The van der Waals surface area contributed by atoms with Gasteiger partial charge in [0.15, 0.2) is 5.82 Å². The van der Waals surface area contributed by atoms with Gasteiger partial charge in [0, 0.05) is 30.9 Å². The van der Waals surface area contributed by atoms with Crippen LogP contribution >= 0.6 is 0 Å². The molecular formula is C21H25FN6O2. The number of ether oxygens (including phenoxy) is 1. The fourth-order valence-corrected chi connectivity index (χ4v) is 3.65. The van der Waals surface area contributed by atoms with Crippen LogP contribution < -0.4 is 15.5 Å². The second kappa shape index (κ2) is 8.74. The number of hydrogen-bond acceptors (Lipinski definition) is 6. The molecule has 1 fully saturated rings. The summed E-state index contributed by atoms with van der Waals surface area (Å²) in [7, 11) is 0. The molecule has 0 bridgehead atoms. The number of carbonyl (C=O) groups excluding carboxylic acids is 1. The normalized spacial score (nSPS) is 15.6. The van der Waals surface area contributed by atoms with Crippen molar-refractivity contribution >= 4 is 23.2 Å². The second-order valence-electron chi connectivity index (χ2n) is 7.09. The Morgan fingerprint density at radius 2 is 2.03 bits per heavy atom. The van der Waals surface area contributed by atoms with Crippen molar-refractivity contribution in [1.82, 2.24) is 15.3 Å². The molecule has 2 N–H and O–H groups in total. The van der Waals surface area contributed by atoms with Gasteiger partial charge in [0.25, 0.3) is 0 Å². The number of aliphatic imine (C=N–C) groups is 1. The van der Waals surface area contributed by atoms with Gasteiger partial charge in [-0.2, -0.15) is 0 Å². The lowest BCUT2D eigenvalue weighted by molar-refractivity contribution is 0.122. The van der Waals surface area contributed by atoms with Crippen LogP contribution in [0.5, 0.6) is 0 Å². The Morgan fingerprint density at radius 1 is 1.23 bits per heavy atom. The molecule has 30 heavy (non-hydrogen) atoms. The van der Waals surface area contributed by atoms with Gasteiger partial charge >= 0.3 is 6.03 Å². The first kappa shape index (κ1) is 20.2. The molecule has 2 aliphatic heterocycles. The van der Waals surface area contributed by atoms with Gasteiger partial charge in [0.05, 0.1) is 36.7 Å². The average Bonchev–Trinajstić information content (AvgIpc) is 3.17. The zero-order valence-electron chi connectivity index (χ0n) is 17.2. The summed E-state index contributed by atoms with van der Waals surface area (Å²) in [6.45, 7) is 7.59. The van der Waals surface area contributed by atoms with Gasteiger partial charge in [0.1, 0.15) is 11.6 Å². The molecule has 1 aromatic carbocycles. The Bertz CT molecular complexity index is 988. The monoisotopic (exact) mass is 412 g/mol. The number of benzene rings is 1. The molecule has 2 amide bonds. The molecule has 8 nitrogen and oxygen atoms in total. The molecule has 1 saturated heterocycles. The molecule has 0 unspecified atom stereocenters. The van der Waals surface area contributed by atoms with Crippen LogP contribution in [0.1, 0.15) is 31.5 Å². The number of carbonyl (C=O) groups is 1. The Kier molecular flexibility index (Phi) is 5.89. The van der Waals surface area contributed by atoms with Crippen LogP contribution in [-0.2, 0) is 11.3 Å². The van der Waals surface area contributed by atoms with Crippen molar-refractivity contribution in [3.63, 3.8) is 0 Å². The summed E-state index contributed by atoms with van der Waals surface area (Å²) >= 11 is 0. The number of nitrogens with zero attached hydrogens (tertiary/aromatic N) is 4. The molecule has 0 spiro atoms. The highest BCUT2D eigenvalue weighted by atomic mass is 19.1. The maximum absolute atomic E-state index is 15.0. The lowest BCUT2D eigenvalue weighted by atomic mass is 10.1. The number of aromatic nitrogens is 2. The molecule has 0 aliphatic carbocycles. The maximum atomic E-state index is 15.0. The van der Waals surface area contributed by atoms with E-state index in [9.17, 15) is 9.18 Å². The first-order valence-electron chi connectivity index (χ1n) is 10.2. The minimum atomic E-state index is -0.495. The van der Waals surface area contributed by atoms with E-state index in [0.29, 0.717) is 37.8 Å². The number of nitrogens with one attached hydrogen (secondary N) is 2. The third-order valence-corrected chi connectivity index (χ3v) is 5.14. The van der Waals surface area contributed by atoms with Gasteiger partial charge < -0.3 is 20.3 Å². The van der Waals surface area contributed by atoms with Crippen LogP contribution in [0.2, 0.25) is 0 Å². The van der Waals surface area contributed by atoms with E-state index in [0.717, 1.165) is 42.3 Å². The lowest BCUT2D eigenvalue weighted by Crippen LogP contribution is -2.37. The summed E-state index contributed by atoms with van der Waals surface area (Å²) in [5.74, 6) is 0.625. The number of hydrogen-bond donors (Lipinski definition) is 2. The highest BCUT2D eigenvalue weighted by Gasteiger charge is 2.27. The van der Waals surface area contributed by atoms with Gasteiger partial charge in [-0.15, -0.1) is 0 Å². The van der Waals surface area contributed by atoms with E-state index in [1.165, 1.54) is 6.07 Å². The molecular weight excluding hydrogens is 387 g/mol. The zero-order valence-corrected chi connectivity index (χ0v) is 17.2. The summed E-state index contributed by atoms with van der Waals surface area (Å²) in [6.07, 6.45) is 0.754. The van der Waals surface area contributed by atoms with E-state index in [-0.39, 0.29) is 11.6 Å². The predicted octanol–water partition coefficient (Wildman–Crippen LogP) is 2.97. The lowest BCUT2D eigenvalue weighted by Gasteiger charge is -2.29. The standard InChI is InChI=1S/C21H25FN6O2/c1-3-17-18-15(12-24-17)20(28-7-9-30-10-8-28)27-19(26-18)14-6-5-13(11-16(14)22)25-21(29)23-4-2/h5-6,11H,3-4,7-10,12H2,1-2H3,(H2,23,25,29). The second-order valence-corrected chi connectivity index (χ2v) is 7.09. The Morgan fingerprint density at radius 3 is 2.73 bits per heavy atom. The number of anilines is 2. The minimum absolute atomic E-state index is 0.288. The van der Waals surface area contributed by atoms with Gasteiger partial charge in [-0.1, -0.05) is 6.92 Å². The van der Waals surface area contributed by atoms with Crippen LogP contribution in [0, 0.1) is 5.82 Å². The van der Waals surface area contributed by atoms with Crippen molar-refractivity contribution in [3.8, 4) is 11.4 Å². The number of morpholine rings is 1. The molecule has 2 aromatic rings. The molecule has 3 heterocycles. The van der Waals surface area contributed by atoms with E-state index >= 15 is 0 Å². The molecule has 158 valence electrons. The van der Waals surface area contributed by atoms with Crippen molar-refractivity contribution in [1.29, 1.82) is 0 Å². The van der Waals surface area contributed by atoms with Crippen molar-refractivity contribution in [2.24, 2.45) is 4.99 Å². The van der Waals surface area contributed by atoms with E-state index < -0.39 is 5.82 Å². The molecule has 9 heteroatoms. The van der Waals surface area contributed by atoms with Crippen LogP contribution in [0.4, 0.5) is 20.7 Å². The summed E-state index contributed by atoms with van der Waals surface area (Å²) in [6, 6.07) is 4.15. The fourth-order valence-electron chi connectivity index (χ4n) is 3.65. The summed E-state index contributed by atoms with van der Waals surface area (Å²) in [5.41, 5.74) is 3.36. The quantitative estimate of drug-likeness (QED) is 0.788. The predicted molar refractivity (Wildman–Crippen MR) is 114 cm³/mol. The van der Waals surface area contributed by atoms with Gasteiger partial charge in [-0.3, -0.25) is 4.99 Å². The zero-order chi connectivity index (χ0) is 21.1. The Balaban J connectivity index is 1.72. The molecule has 0 saturated carbocycles. The van der Waals surface area contributed by atoms with E-state index in [4.69, 9.17) is 9.72 Å². The highest BCUT2D eigenvalue weighted by molar-refractivity contribution is 6.03. The summed E-state index contributed by atoms with van der Waals surface area (Å²) in [4.78, 5) is 27.9. The van der Waals surface area contributed by atoms with Crippen molar-refractivity contribution in [3.05, 3.63) is 35.3 Å². The third-order valence-electron chi connectivity index (χ3n) is 5.14. The summed E-state index contributed by atoms with van der Waals surface area (Å²) in [5, 5.41) is 5.23. The largest absolute Gasteiger partial charge is 0.378 e. The third kappa shape index (κ3) is 3.97. The smallest absolute Gasteiger partial charge is 0.319 e. The SMILES string of the molecule is CCNC(=O)Nc1ccc(-c2nc3c(c(N4CCOCC4)n2)CN=C3CC)c(F)c1. The minimum Gasteiger partial charge on any atom is -0.378 e. The van der Waals surface area contributed by atoms with Gasteiger partial charge in [-0.25, -0.2) is 19.2 Å². The molecule has 0 atom stereocenters. The van der Waals surface area contributed by atoms with Crippen molar-refractivity contribution < 1.29 is 13.9 Å². The van der Waals surface area contributed by atoms with Crippen molar-refractivity contribution in [2.75, 3.05) is 43.1 Å². The number of urea groups is 1. The van der Waals surface area contributed by atoms with Crippen LogP contribution in [0.25, 0.3) is 11.4 Å². The molecule has 4 rings (SSSR count). The van der Waals surface area contributed by atoms with E-state index in [2.05, 4.69) is 25.5 Å². The Hall–Kier alpha value is -3.07. The van der Waals surface area contributed by atoms with Gasteiger partial charge in [0.2, 0.25) is 0 Å². The highest BCUT2D eigenvalue weighted by Crippen LogP contribution is 2.32. The average molecular weight is 412 g/mol. The first-order chi connectivity index (χ1) is 14.6. The number of rotatable bonds is 5. The molecule has 1 aromatic heterocycles. The van der Waals surface area contributed by atoms with E-state index in [1.54, 1.807) is 12.1 Å².